The van der Waals surface area contributed by atoms with Gasteiger partial charge in [-0.05, 0) is 57.9 Å². The van der Waals surface area contributed by atoms with E-state index in [1.807, 2.05) is 25.1 Å². The van der Waals surface area contributed by atoms with Crippen LogP contribution in [0, 0.1) is 18.6 Å². The summed E-state index contributed by atoms with van der Waals surface area (Å²) in [6.45, 7) is 8.20. The van der Waals surface area contributed by atoms with Crippen LogP contribution in [0.2, 0.25) is 0 Å². The monoisotopic (exact) mass is 495 g/mol. The van der Waals surface area contributed by atoms with Crippen molar-refractivity contribution < 1.29 is 26.8 Å². The Balaban J connectivity index is 2.44. The number of anilines is 1. The number of nitrogens with zero attached hydrogens (tertiary/aromatic N) is 2. The average molecular weight is 496 g/mol. The second kappa shape index (κ2) is 10.5. The van der Waals surface area contributed by atoms with Crippen LogP contribution >= 0.6 is 0 Å². The molecule has 2 aromatic carbocycles. The van der Waals surface area contributed by atoms with Gasteiger partial charge in [0.1, 0.15) is 12.6 Å². The van der Waals surface area contributed by atoms with E-state index < -0.39 is 51.6 Å². The van der Waals surface area contributed by atoms with Gasteiger partial charge in [0.25, 0.3) is 0 Å². The third-order valence-electron chi connectivity index (χ3n) is 5.14. The fourth-order valence-corrected chi connectivity index (χ4v) is 4.12. The molecule has 186 valence electrons. The first-order valence-electron chi connectivity index (χ1n) is 10.7. The van der Waals surface area contributed by atoms with E-state index in [0.717, 1.165) is 29.5 Å². The summed E-state index contributed by atoms with van der Waals surface area (Å²) in [4.78, 5) is 27.6. The molecule has 0 aliphatic carbocycles. The molecule has 2 rings (SSSR count). The average Bonchev–Trinajstić information content (AvgIpc) is 2.70. The van der Waals surface area contributed by atoms with Crippen molar-refractivity contribution in [2.45, 2.75) is 52.7 Å². The fraction of sp³-hybridized carbons (Fsp3) is 0.417. The Morgan fingerprint density at radius 2 is 1.68 bits per heavy atom. The van der Waals surface area contributed by atoms with Gasteiger partial charge in [0.2, 0.25) is 21.8 Å². The number of hydrogen-bond donors (Lipinski definition) is 1. The van der Waals surface area contributed by atoms with Crippen LogP contribution in [0.4, 0.5) is 14.5 Å². The second-order valence-electron chi connectivity index (χ2n) is 9.23. The Morgan fingerprint density at radius 3 is 2.21 bits per heavy atom. The molecule has 0 aliphatic heterocycles. The van der Waals surface area contributed by atoms with Crippen LogP contribution in [0.25, 0.3) is 0 Å². The number of carbonyl (C=O) groups is 2. The van der Waals surface area contributed by atoms with Crippen LogP contribution in [-0.4, -0.2) is 49.5 Å². The molecule has 1 N–H and O–H groups in total. The van der Waals surface area contributed by atoms with Crippen molar-refractivity contribution in [2.75, 3.05) is 17.1 Å². The van der Waals surface area contributed by atoms with Crippen molar-refractivity contribution in [3.8, 4) is 0 Å². The van der Waals surface area contributed by atoms with E-state index in [2.05, 4.69) is 5.32 Å². The molecule has 0 spiro atoms. The SMILES string of the molecule is Cc1ccccc1CN(C(=O)CN(c1ccc(F)c(F)c1)S(C)(=O)=O)[C@H](C)C(=O)NC(C)(C)C. The first-order chi connectivity index (χ1) is 15.6. The topological polar surface area (TPSA) is 86.8 Å². The summed E-state index contributed by atoms with van der Waals surface area (Å²) in [6, 6.07) is 8.97. The summed E-state index contributed by atoms with van der Waals surface area (Å²) in [5, 5.41) is 2.83. The molecule has 34 heavy (non-hydrogen) atoms. The van der Waals surface area contributed by atoms with Crippen molar-refractivity contribution in [2.24, 2.45) is 0 Å². The van der Waals surface area contributed by atoms with Gasteiger partial charge in [0, 0.05) is 18.2 Å². The van der Waals surface area contributed by atoms with Gasteiger partial charge < -0.3 is 10.2 Å². The van der Waals surface area contributed by atoms with E-state index in [9.17, 15) is 26.8 Å². The summed E-state index contributed by atoms with van der Waals surface area (Å²) in [5.41, 5.74) is 0.930. The molecular formula is C24H31F2N3O4S. The van der Waals surface area contributed by atoms with Gasteiger partial charge in [-0.25, -0.2) is 17.2 Å². The minimum absolute atomic E-state index is 0.0552. The predicted molar refractivity (Wildman–Crippen MR) is 128 cm³/mol. The van der Waals surface area contributed by atoms with E-state index in [1.165, 1.54) is 4.90 Å². The minimum atomic E-state index is -4.04. The molecule has 0 heterocycles. The summed E-state index contributed by atoms with van der Waals surface area (Å²) in [6.07, 6.45) is 0.864. The fourth-order valence-electron chi connectivity index (χ4n) is 3.28. The van der Waals surface area contributed by atoms with Crippen LogP contribution in [0.3, 0.4) is 0 Å². The first-order valence-corrected chi connectivity index (χ1v) is 12.5. The van der Waals surface area contributed by atoms with Crippen LogP contribution in [0.5, 0.6) is 0 Å². The van der Waals surface area contributed by atoms with Crippen LogP contribution in [0.1, 0.15) is 38.8 Å². The molecule has 2 amide bonds. The molecule has 1 atom stereocenters. The maximum atomic E-state index is 13.8. The van der Waals surface area contributed by atoms with Gasteiger partial charge in [-0.3, -0.25) is 13.9 Å². The van der Waals surface area contributed by atoms with E-state index in [4.69, 9.17) is 0 Å². The third kappa shape index (κ3) is 7.24. The molecule has 0 aromatic heterocycles. The number of halogens is 2. The normalized spacial score (nSPS) is 12.7. The number of amides is 2. The molecule has 0 bridgehead atoms. The second-order valence-corrected chi connectivity index (χ2v) is 11.1. The van der Waals surface area contributed by atoms with Crippen LogP contribution in [0.15, 0.2) is 42.5 Å². The van der Waals surface area contributed by atoms with E-state index in [1.54, 1.807) is 33.8 Å². The molecule has 10 heteroatoms. The highest BCUT2D eigenvalue weighted by molar-refractivity contribution is 7.92. The number of benzene rings is 2. The molecule has 0 radical (unpaired) electrons. The van der Waals surface area contributed by atoms with Crippen molar-refractivity contribution in [1.82, 2.24) is 10.2 Å². The highest BCUT2D eigenvalue weighted by atomic mass is 32.2. The van der Waals surface area contributed by atoms with Gasteiger partial charge in [0.05, 0.1) is 11.9 Å². The van der Waals surface area contributed by atoms with E-state index in [0.29, 0.717) is 10.4 Å². The van der Waals surface area contributed by atoms with E-state index >= 15 is 0 Å². The lowest BCUT2D eigenvalue weighted by atomic mass is 10.1. The molecule has 0 saturated heterocycles. The van der Waals surface area contributed by atoms with Crippen molar-refractivity contribution in [3.63, 3.8) is 0 Å². The number of hydrogen-bond acceptors (Lipinski definition) is 4. The van der Waals surface area contributed by atoms with Gasteiger partial charge in [-0.15, -0.1) is 0 Å². The molecule has 7 nitrogen and oxygen atoms in total. The minimum Gasteiger partial charge on any atom is -0.350 e. The summed E-state index contributed by atoms with van der Waals surface area (Å²) in [7, 11) is -4.04. The quantitative estimate of drug-likeness (QED) is 0.608. The Bertz CT molecular complexity index is 1160. The summed E-state index contributed by atoms with van der Waals surface area (Å²) < 4.78 is 52.8. The Hall–Kier alpha value is -3.01. The van der Waals surface area contributed by atoms with Gasteiger partial charge in [0.15, 0.2) is 11.6 Å². The van der Waals surface area contributed by atoms with Crippen LogP contribution in [-0.2, 0) is 26.2 Å². The molecule has 2 aromatic rings. The number of aryl methyl sites for hydroxylation is 1. The van der Waals surface area contributed by atoms with E-state index in [-0.39, 0.29) is 12.2 Å². The van der Waals surface area contributed by atoms with Gasteiger partial charge >= 0.3 is 0 Å². The zero-order valence-corrected chi connectivity index (χ0v) is 21.0. The van der Waals surface area contributed by atoms with Crippen LogP contribution < -0.4 is 9.62 Å². The zero-order chi connectivity index (χ0) is 25.8. The smallest absolute Gasteiger partial charge is 0.244 e. The lowest BCUT2D eigenvalue weighted by Crippen LogP contribution is -2.54. The molecule has 0 fully saturated rings. The molecule has 0 unspecified atom stereocenters. The summed E-state index contributed by atoms with van der Waals surface area (Å²) in [5.74, 6) is -3.46. The maximum Gasteiger partial charge on any atom is 0.244 e. The molecule has 0 saturated carbocycles. The lowest BCUT2D eigenvalue weighted by Gasteiger charge is -2.33. The number of rotatable bonds is 8. The van der Waals surface area contributed by atoms with Gasteiger partial charge in [-0.2, -0.15) is 0 Å². The lowest BCUT2D eigenvalue weighted by molar-refractivity contribution is -0.140. The predicted octanol–water partition coefficient (Wildman–Crippen LogP) is 3.37. The van der Waals surface area contributed by atoms with Crippen molar-refractivity contribution in [3.05, 3.63) is 65.2 Å². The highest BCUT2D eigenvalue weighted by Gasteiger charge is 2.31. The number of carbonyl (C=O) groups excluding carboxylic acids is 2. The maximum absolute atomic E-state index is 13.8. The first kappa shape index (κ1) is 27.2. The third-order valence-corrected chi connectivity index (χ3v) is 6.28. The Labute approximate surface area is 199 Å². The molecular weight excluding hydrogens is 464 g/mol. The van der Waals surface area contributed by atoms with Gasteiger partial charge in [-0.1, -0.05) is 24.3 Å². The Kier molecular flexibility index (Phi) is 8.41. The van der Waals surface area contributed by atoms with Crippen molar-refractivity contribution in [1.29, 1.82) is 0 Å². The number of sulfonamides is 1. The number of nitrogens with one attached hydrogen (secondary N) is 1. The Morgan fingerprint density at radius 1 is 1.06 bits per heavy atom. The van der Waals surface area contributed by atoms with Crippen molar-refractivity contribution >= 4 is 27.5 Å². The largest absolute Gasteiger partial charge is 0.350 e. The highest BCUT2D eigenvalue weighted by Crippen LogP contribution is 2.22. The standard InChI is InChI=1S/C24H31F2N3O4S/c1-16-9-7-8-10-18(16)14-28(17(2)23(31)27-24(3,4)5)22(30)15-29(34(6,32)33)19-11-12-20(25)21(26)13-19/h7-13,17H,14-15H2,1-6H3,(H,27,31)/t17-/m1/s1. The zero-order valence-electron chi connectivity index (χ0n) is 20.2. The molecule has 0 aliphatic rings. The summed E-state index contributed by atoms with van der Waals surface area (Å²) >= 11 is 0.